The van der Waals surface area contributed by atoms with Crippen molar-refractivity contribution < 1.29 is 19.0 Å². The summed E-state index contributed by atoms with van der Waals surface area (Å²) in [6.07, 6.45) is 6.47. The van der Waals surface area contributed by atoms with Gasteiger partial charge in [0.2, 0.25) is 0 Å². The number of nitrogens with one attached hydrogen (secondary N) is 2. The van der Waals surface area contributed by atoms with Gasteiger partial charge >= 0.3 is 6.03 Å². The molecule has 4 rings (SSSR count). The molecule has 1 aliphatic rings. The molecule has 0 bridgehead atoms. The zero-order valence-electron chi connectivity index (χ0n) is 23.4. The van der Waals surface area contributed by atoms with Crippen molar-refractivity contribution >= 4 is 35.0 Å². The van der Waals surface area contributed by atoms with Crippen LogP contribution in [0.3, 0.4) is 0 Å². The molecule has 212 valence electrons. The molecule has 39 heavy (non-hydrogen) atoms. The maximum atomic E-state index is 12.2. The number of fused-ring (bicyclic) bond motifs is 1. The average molecular weight is 557 g/mol. The fourth-order valence-electron chi connectivity index (χ4n) is 4.42. The number of pyridine rings is 1. The molecule has 1 aliphatic heterocycles. The Kier molecular flexibility index (Phi) is 11.1. The summed E-state index contributed by atoms with van der Waals surface area (Å²) in [7, 11) is 1.64. The number of halogens is 1. The first-order chi connectivity index (χ1) is 18.3. The van der Waals surface area contributed by atoms with Crippen molar-refractivity contribution in [2.24, 2.45) is 5.41 Å². The summed E-state index contributed by atoms with van der Waals surface area (Å²) in [5.74, 6) is 2.63. The van der Waals surface area contributed by atoms with Crippen molar-refractivity contribution in [3.8, 4) is 23.0 Å². The van der Waals surface area contributed by atoms with E-state index in [1.54, 1.807) is 13.3 Å². The van der Waals surface area contributed by atoms with Gasteiger partial charge in [-0.1, -0.05) is 27.2 Å². The minimum atomic E-state index is -0.218. The number of benzene rings is 2. The molecule has 0 saturated carbocycles. The first-order valence-electron chi connectivity index (χ1n) is 13.5. The minimum absolute atomic E-state index is 0. The van der Waals surface area contributed by atoms with E-state index >= 15 is 0 Å². The van der Waals surface area contributed by atoms with Crippen molar-refractivity contribution in [2.45, 2.75) is 46.5 Å². The van der Waals surface area contributed by atoms with Gasteiger partial charge in [-0.05, 0) is 74.2 Å². The Bertz CT molecular complexity index is 1210. The summed E-state index contributed by atoms with van der Waals surface area (Å²) in [5.41, 5.74) is 1.63. The maximum absolute atomic E-state index is 12.2. The van der Waals surface area contributed by atoms with Gasteiger partial charge in [0.1, 0.15) is 18.1 Å². The monoisotopic (exact) mass is 556 g/mol. The van der Waals surface area contributed by atoms with Gasteiger partial charge < -0.3 is 24.8 Å². The summed E-state index contributed by atoms with van der Waals surface area (Å²) in [5, 5.41) is 6.58. The highest BCUT2D eigenvalue weighted by molar-refractivity contribution is 5.90. The number of carbonyl (C=O) groups excluding carboxylic acids is 1. The number of urea groups is 1. The number of hydrogen-bond acceptors (Lipinski definition) is 6. The van der Waals surface area contributed by atoms with Gasteiger partial charge in [-0.15, -0.1) is 12.4 Å². The summed E-state index contributed by atoms with van der Waals surface area (Å²) in [6.45, 7) is 10.9. The molecule has 0 radical (unpaired) electrons. The highest BCUT2D eigenvalue weighted by atomic mass is 35.5. The average Bonchev–Trinajstić information content (AvgIpc) is 2.89. The van der Waals surface area contributed by atoms with Gasteiger partial charge in [0.05, 0.1) is 12.6 Å². The number of amides is 2. The first kappa shape index (κ1) is 30.3. The van der Waals surface area contributed by atoms with Gasteiger partial charge in [-0.2, -0.15) is 0 Å². The van der Waals surface area contributed by atoms with E-state index < -0.39 is 0 Å². The molecule has 8 nitrogen and oxygen atoms in total. The number of rotatable bonds is 10. The highest BCUT2D eigenvalue weighted by Crippen LogP contribution is 2.37. The molecule has 0 atom stereocenters. The lowest BCUT2D eigenvalue weighted by Gasteiger charge is -2.26. The van der Waals surface area contributed by atoms with Crippen LogP contribution in [0.1, 0.15) is 46.5 Å². The summed E-state index contributed by atoms with van der Waals surface area (Å²) < 4.78 is 17.9. The number of piperidine rings is 1. The van der Waals surface area contributed by atoms with E-state index in [1.807, 2.05) is 42.5 Å². The summed E-state index contributed by atoms with van der Waals surface area (Å²) in [6, 6.07) is 12.7. The summed E-state index contributed by atoms with van der Waals surface area (Å²) in [4.78, 5) is 19.1. The van der Waals surface area contributed by atoms with Gasteiger partial charge in [-0.25, -0.2) is 4.79 Å². The molecule has 1 saturated heterocycles. The van der Waals surface area contributed by atoms with Crippen molar-refractivity contribution in [1.82, 2.24) is 15.2 Å². The Hall–Kier alpha value is -3.23. The highest BCUT2D eigenvalue weighted by Gasteiger charge is 2.15. The fraction of sp³-hybridized carbons (Fsp3) is 0.467. The zero-order valence-corrected chi connectivity index (χ0v) is 24.2. The number of hydrogen-bond donors (Lipinski definition) is 2. The molecule has 1 fully saturated rings. The lowest BCUT2D eigenvalue weighted by Crippen LogP contribution is -2.33. The standard InChI is InChI=1S/C30H40N4O4.ClH/c1-30(2,3)13-15-32-29(35)33-22-8-10-23(11-9-22)38-26-12-14-31-25-21-28(27(36-4)20-24(25)26)37-19-18-34-16-6-5-7-17-34;/h8-12,14,20-21H,5-7,13,15-19H2,1-4H3,(H2,32,33,35);1H. The van der Waals surface area contributed by atoms with Crippen LogP contribution in [-0.4, -0.2) is 55.8 Å². The fourth-order valence-corrected chi connectivity index (χ4v) is 4.42. The van der Waals surface area contributed by atoms with Crippen LogP contribution in [0, 0.1) is 5.41 Å². The van der Waals surface area contributed by atoms with Gasteiger partial charge in [-0.3, -0.25) is 9.88 Å². The normalized spacial score (nSPS) is 13.8. The molecule has 2 amide bonds. The van der Waals surface area contributed by atoms with Gasteiger partial charge in [0.15, 0.2) is 11.5 Å². The predicted molar refractivity (Wildman–Crippen MR) is 159 cm³/mol. The first-order valence-corrected chi connectivity index (χ1v) is 13.5. The van der Waals surface area contributed by atoms with E-state index in [0.717, 1.165) is 37.0 Å². The van der Waals surface area contributed by atoms with Crippen LogP contribution in [-0.2, 0) is 0 Å². The molecule has 1 aromatic heterocycles. The second kappa shape index (κ2) is 14.2. The predicted octanol–water partition coefficient (Wildman–Crippen LogP) is 6.88. The van der Waals surface area contributed by atoms with Crippen LogP contribution in [0.4, 0.5) is 10.5 Å². The Morgan fingerprint density at radius 1 is 1.00 bits per heavy atom. The van der Waals surface area contributed by atoms with Gasteiger partial charge in [0.25, 0.3) is 0 Å². The van der Waals surface area contributed by atoms with Crippen molar-refractivity contribution in [3.63, 3.8) is 0 Å². The Balaban J connectivity index is 0.00000420. The number of anilines is 1. The molecular weight excluding hydrogens is 516 g/mol. The van der Waals surface area contributed by atoms with Crippen LogP contribution in [0.15, 0.2) is 48.7 Å². The van der Waals surface area contributed by atoms with Crippen LogP contribution >= 0.6 is 12.4 Å². The van der Waals surface area contributed by atoms with Gasteiger partial charge in [0, 0.05) is 36.4 Å². The molecule has 0 unspecified atom stereocenters. The SMILES string of the molecule is COc1cc2c(Oc3ccc(NC(=O)NCCC(C)(C)C)cc3)ccnc2cc1OCCN1CCCCC1.Cl. The smallest absolute Gasteiger partial charge is 0.319 e. The third-order valence-corrected chi connectivity index (χ3v) is 6.60. The van der Waals surface area contributed by atoms with Crippen LogP contribution in [0.2, 0.25) is 0 Å². The molecule has 0 aliphatic carbocycles. The van der Waals surface area contributed by atoms with Crippen LogP contribution < -0.4 is 24.8 Å². The lowest BCUT2D eigenvalue weighted by atomic mass is 9.92. The van der Waals surface area contributed by atoms with E-state index in [0.29, 0.717) is 41.8 Å². The molecular formula is C30H41ClN4O4. The Labute approximate surface area is 237 Å². The Morgan fingerprint density at radius 2 is 1.74 bits per heavy atom. The van der Waals surface area contributed by atoms with Crippen molar-refractivity contribution in [2.75, 3.05) is 45.2 Å². The largest absolute Gasteiger partial charge is 0.493 e. The van der Waals surface area contributed by atoms with E-state index in [9.17, 15) is 4.79 Å². The number of carbonyl (C=O) groups is 1. The van der Waals surface area contributed by atoms with Crippen molar-refractivity contribution in [3.05, 3.63) is 48.7 Å². The zero-order chi connectivity index (χ0) is 27.0. The van der Waals surface area contributed by atoms with Crippen LogP contribution in [0.25, 0.3) is 10.9 Å². The maximum Gasteiger partial charge on any atom is 0.319 e. The number of aromatic nitrogens is 1. The van der Waals surface area contributed by atoms with Crippen LogP contribution in [0.5, 0.6) is 23.0 Å². The second-order valence-corrected chi connectivity index (χ2v) is 10.9. The molecule has 2 aromatic carbocycles. The number of ether oxygens (including phenoxy) is 3. The lowest BCUT2D eigenvalue weighted by molar-refractivity contribution is 0.181. The molecule has 3 aromatic rings. The van der Waals surface area contributed by atoms with E-state index in [-0.39, 0.29) is 23.9 Å². The van der Waals surface area contributed by atoms with E-state index in [4.69, 9.17) is 14.2 Å². The number of nitrogens with zero attached hydrogens (tertiary/aromatic N) is 2. The second-order valence-electron chi connectivity index (χ2n) is 10.9. The molecule has 9 heteroatoms. The number of methoxy groups -OCH3 is 1. The third-order valence-electron chi connectivity index (χ3n) is 6.60. The molecule has 0 spiro atoms. The minimum Gasteiger partial charge on any atom is -0.493 e. The van der Waals surface area contributed by atoms with E-state index in [1.165, 1.54) is 19.3 Å². The van der Waals surface area contributed by atoms with E-state index in [2.05, 4.69) is 41.3 Å². The molecule has 2 N–H and O–H groups in total. The number of likely N-dealkylation sites (tertiary alicyclic amines) is 1. The van der Waals surface area contributed by atoms with Crippen molar-refractivity contribution in [1.29, 1.82) is 0 Å². The molecule has 2 heterocycles. The third kappa shape index (κ3) is 9.18. The summed E-state index contributed by atoms with van der Waals surface area (Å²) >= 11 is 0. The Morgan fingerprint density at radius 3 is 2.44 bits per heavy atom. The topological polar surface area (TPSA) is 85.0 Å². The quantitative estimate of drug-likeness (QED) is 0.283.